The summed E-state index contributed by atoms with van der Waals surface area (Å²) in [6, 6.07) is 14.6. The maximum Gasteiger partial charge on any atom is 0.224 e. The van der Waals surface area contributed by atoms with Crippen molar-refractivity contribution in [3.8, 4) is 28.6 Å². The zero-order chi connectivity index (χ0) is 20.8. The fourth-order valence-electron chi connectivity index (χ4n) is 2.91. The van der Waals surface area contributed by atoms with Crippen molar-refractivity contribution in [3.05, 3.63) is 64.9 Å². The zero-order valence-corrected chi connectivity index (χ0v) is 17.2. The number of ether oxygens (including phenoxy) is 3. The van der Waals surface area contributed by atoms with Gasteiger partial charge < -0.3 is 23.9 Å². The van der Waals surface area contributed by atoms with Crippen LogP contribution in [0.15, 0.2) is 52.9 Å². The van der Waals surface area contributed by atoms with E-state index in [0.717, 1.165) is 16.9 Å². The summed E-state index contributed by atoms with van der Waals surface area (Å²) in [7, 11) is 4.61. The lowest BCUT2D eigenvalue weighted by Crippen LogP contribution is -2.24. The summed E-state index contributed by atoms with van der Waals surface area (Å²) >= 11 is 5.91. The normalized spacial score (nSPS) is 10.5. The summed E-state index contributed by atoms with van der Waals surface area (Å²) < 4.78 is 21.7. The van der Waals surface area contributed by atoms with Crippen molar-refractivity contribution in [2.24, 2.45) is 0 Å². The average Bonchev–Trinajstić information content (AvgIpc) is 3.21. The summed E-state index contributed by atoms with van der Waals surface area (Å²) in [6.45, 7) is 0.289. The van der Waals surface area contributed by atoms with E-state index >= 15 is 0 Å². The highest BCUT2D eigenvalue weighted by Crippen LogP contribution is 2.38. The molecule has 0 fully saturated rings. The summed E-state index contributed by atoms with van der Waals surface area (Å²) in [5.74, 6) is 2.73. The number of benzene rings is 2. The van der Waals surface area contributed by atoms with Crippen LogP contribution in [-0.2, 0) is 17.8 Å². The average molecular weight is 416 g/mol. The van der Waals surface area contributed by atoms with Crippen molar-refractivity contribution >= 4 is 17.5 Å². The molecule has 1 heterocycles. The lowest BCUT2D eigenvalue weighted by atomic mass is 10.1. The maximum atomic E-state index is 12.4. The summed E-state index contributed by atoms with van der Waals surface area (Å²) in [6.07, 6.45) is 0.168. The monoisotopic (exact) mass is 415 g/mol. The minimum absolute atomic E-state index is 0.149. The van der Waals surface area contributed by atoms with E-state index in [-0.39, 0.29) is 18.9 Å². The van der Waals surface area contributed by atoms with Gasteiger partial charge in [-0.25, -0.2) is 0 Å². The van der Waals surface area contributed by atoms with Gasteiger partial charge in [-0.05, 0) is 54.1 Å². The molecule has 0 aliphatic rings. The molecule has 0 bridgehead atoms. The Balaban J connectivity index is 1.62. The van der Waals surface area contributed by atoms with Crippen LogP contribution in [0.5, 0.6) is 17.2 Å². The fraction of sp³-hybridized carbons (Fsp3) is 0.227. The molecule has 3 rings (SSSR count). The number of furan rings is 1. The van der Waals surface area contributed by atoms with Gasteiger partial charge in [-0.3, -0.25) is 4.79 Å². The molecule has 0 unspecified atom stereocenters. The molecule has 0 aliphatic heterocycles. The van der Waals surface area contributed by atoms with Crippen molar-refractivity contribution in [1.82, 2.24) is 5.32 Å². The van der Waals surface area contributed by atoms with Gasteiger partial charge in [0.05, 0.1) is 34.3 Å². The van der Waals surface area contributed by atoms with Crippen LogP contribution in [0.3, 0.4) is 0 Å². The molecule has 0 radical (unpaired) electrons. The van der Waals surface area contributed by atoms with Crippen LogP contribution in [0.1, 0.15) is 11.3 Å². The smallest absolute Gasteiger partial charge is 0.224 e. The van der Waals surface area contributed by atoms with Gasteiger partial charge in [0.1, 0.15) is 11.5 Å². The van der Waals surface area contributed by atoms with E-state index in [9.17, 15) is 4.79 Å². The second kappa shape index (κ2) is 9.39. The van der Waals surface area contributed by atoms with E-state index in [2.05, 4.69) is 5.32 Å². The Morgan fingerprint density at radius 1 is 0.966 bits per heavy atom. The van der Waals surface area contributed by atoms with Crippen molar-refractivity contribution in [3.63, 3.8) is 0 Å². The van der Waals surface area contributed by atoms with Gasteiger partial charge in [0.25, 0.3) is 0 Å². The van der Waals surface area contributed by atoms with E-state index in [1.165, 1.54) is 21.3 Å². The molecule has 0 saturated carbocycles. The van der Waals surface area contributed by atoms with E-state index in [0.29, 0.717) is 28.0 Å². The molecule has 7 heteroatoms. The molecule has 29 heavy (non-hydrogen) atoms. The second-order valence-corrected chi connectivity index (χ2v) is 6.70. The van der Waals surface area contributed by atoms with Gasteiger partial charge in [0.15, 0.2) is 11.5 Å². The third-order valence-corrected chi connectivity index (χ3v) is 4.59. The first-order chi connectivity index (χ1) is 14.0. The van der Waals surface area contributed by atoms with Gasteiger partial charge in [0, 0.05) is 10.6 Å². The molecule has 1 N–H and O–H groups in total. The molecule has 0 atom stereocenters. The summed E-state index contributed by atoms with van der Waals surface area (Å²) in [5, 5.41) is 3.52. The lowest BCUT2D eigenvalue weighted by molar-refractivity contribution is -0.120. The third kappa shape index (κ3) is 5.03. The molecule has 6 nitrogen and oxygen atoms in total. The number of amides is 1. The highest BCUT2D eigenvalue weighted by Gasteiger charge is 2.15. The Morgan fingerprint density at radius 3 is 2.21 bits per heavy atom. The molecular formula is C22H22ClNO5. The maximum absolute atomic E-state index is 12.4. The van der Waals surface area contributed by atoms with Crippen LogP contribution in [0.2, 0.25) is 5.02 Å². The number of hydrogen-bond donors (Lipinski definition) is 1. The van der Waals surface area contributed by atoms with Gasteiger partial charge in [-0.1, -0.05) is 11.6 Å². The van der Waals surface area contributed by atoms with Crippen LogP contribution < -0.4 is 19.5 Å². The first-order valence-electron chi connectivity index (χ1n) is 8.94. The molecule has 0 aliphatic carbocycles. The Bertz CT molecular complexity index is 956. The number of halogens is 1. The first kappa shape index (κ1) is 20.6. The number of nitrogens with one attached hydrogen (secondary N) is 1. The number of methoxy groups -OCH3 is 3. The zero-order valence-electron chi connectivity index (χ0n) is 16.5. The van der Waals surface area contributed by atoms with Gasteiger partial charge in [-0.15, -0.1) is 0 Å². The van der Waals surface area contributed by atoms with Crippen molar-refractivity contribution in [2.45, 2.75) is 13.0 Å². The molecular weight excluding hydrogens is 394 g/mol. The Labute approximate surface area is 174 Å². The van der Waals surface area contributed by atoms with E-state index in [1.807, 2.05) is 24.3 Å². The van der Waals surface area contributed by atoms with Gasteiger partial charge >= 0.3 is 0 Å². The molecule has 1 amide bonds. The van der Waals surface area contributed by atoms with Crippen molar-refractivity contribution in [2.75, 3.05) is 21.3 Å². The van der Waals surface area contributed by atoms with Crippen LogP contribution >= 0.6 is 11.6 Å². The predicted octanol–water partition coefficient (Wildman–Crippen LogP) is 4.48. The highest BCUT2D eigenvalue weighted by molar-refractivity contribution is 6.30. The summed E-state index contributed by atoms with van der Waals surface area (Å²) in [4.78, 5) is 12.4. The summed E-state index contributed by atoms with van der Waals surface area (Å²) in [5.41, 5.74) is 1.67. The van der Waals surface area contributed by atoms with Crippen LogP contribution in [0.25, 0.3) is 11.3 Å². The number of carbonyl (C=O) groups is 1. The van der Waals surface area contributed by atoms with E-state index in [1.54, 1.807) is 24.3 Å². The van der Waals surface area contributed by atoms with Crippen LogP contribution in [-0.4, -0.2) is 27.2 Å². The largest absolute Gasteiger partial charge is 0.493 e. The molecule has 1 aromatic heterocycles. The standard InChI is InChI=1S/C22H22ClNO5/c1-26-19-10-14(11-20(27-2)22(19)28-3)12-21(25)24-13-17-8-9-18(29-17)15-4-6-16(23)7-5-15/h4-11H,12-13H2,1-3H3,(H,24,25). The minimum atomic E-state index is -0.149. The van der Waals surface area contributed by atoms with Crippen LogP contribution in [0, 0.1) is 0 Å². The molecule has 0 spiro atoms. The molecule has 152 valence electrons. The number of rotatable bonds is 8. The van der Waals surface area contributed by atoms with Crippen molar-refractivity contribution < 1.29 is 23.4 Å². The number of hydrogen-bond acceptors (Lipinski definition) is 5. The second-order valence-electron chi connectivity index (χ2n) is 6.26. The SMILES string of the molecule is COc1cc(CC(=O)NCc2ccc(-c3ccc(Cl)cc3)o2)cc(OC)c1OC. The minimum Gasteiger partial charge on any atom is -0.493 e. The third-order valence-electron chi connectivity index (χ3n) is 4.34. The molecule has 3 aromatic rings. The quantitative estimate of drug-likeness (QED) is 0.587. The Kier molecular flexibility index (Phi) is 6.67. The Morgan fingerprint density at radius 2 is 1.62 bits per heavy atom. The topological polar surface area (TPSA) is 69.9 Å². The molecule has 2 aromatic carbocycles. The van der Waals surface area contributed by atoms with Crippen molar-refractivity contribution in [1.29, 1.82) is 0 Å². The fourth-order valence-corrected chi connectivity index (χ4v) is 3.04. The van der Waals surface area contributed by atoms with Crippen LogP contribution in [0.4, 0.5) is 0 Å². The van der Waals surface area contributed by atoms with Gasteiger partial charge in [-0.2, -0.15) is 0 Å². The number of carbonyl (C=O) groups excluding carboxylic acids is 1. The van der Waals surface area contributed by atoms with E-state index in [4.69, 9.17) is 30.2 Å². The highest BCUT2D eigenvalue weighted by atomic mass is 35.5. The first-order valence-corrected chi connectivity index (χ1v) is 9.32. The Hall–Kier alpha value is -3.12. The molecule has 0 saturated heterocycles. The van der Waals surface area contributed by atoms with Gasteiger partial charge in [0.2, 0.25) is 11.7 Å². The lowest BCUT2D eigenvalue weighted by Gasteiger charge is -2.14. The van der Waals surface area contributed by atoms with E-state index < -0.39 is 0 Å². The predicted molar refractivity (Wildman–Crippen MR) is 111 cm³/mol.